The first kappa shape index (κ1) is 12.5. The number of hydrogen-bond acceptors (Lipinski definition) is 2. The van der Waals surface area contributed by atoms with Gasteiger partial charge < -0.3 is 9.47 Å². The zero-order valence-electron chi connectivity index (χ0n) is 9.01. The Bertz CT molecular complexity index is 137. The lowest BCUT2D eigenvalue weighted by Gasteiger charge is -2.08. The average molecular weight is 265 g/mol. The van der Waals surface area contributed by atoms with E-state index in [1.807, 2.05) is 0 Å². The summed E-state index contributed by atoms with van der Waals surface area (Å²) in [7, 11) is 1.73. The molecule has 0 saturated heterocycles. The van der Waals surface area contributed by atoms with Gasteiger partial charge in [0.15, 0.2) is 0 Å². The Balaban J connectivity index is 1.75. The standard InChI is InChI=1S/C11H21BrO2/c1-13-7-3-9-14-8-2-4-11(12)10-5-6-10/h10-11H,2-9H2,1H3. The molecule has 1 aliphatic rings. The maximum atomic E-state index is 5.49. The van der Waals surface area contributed by atoms with Crippen molar-refractivity contribution in [1.82, 2.24) is 0 Å². The van der Waals surface area contributed by atoms with Gasteiger partial charge in [0.05, 0.1) is 0 Å². The molecule has 0 aromatic heterocycles. The maximum Gasteiger partial charge on any atom is 0.0487 e. The van der Waals surface area contributed by atoms with Crippen molar-refractivity contribution < 1.29 is 9.47 Å². The molecule has 14 heavy (non-hydrogen) atoms. The quantitative estimate of drug-likeness (QED) is 0.471. The highest BCUT2D eigenvalue weighted by atomic mass is 79.9. The van der Waals surface area contributed by atoms with E-state index >= 15 is 0 Å². The minimum absolute atomic E-state index is 0.741. The summed E-state index contributed by atoms with van der Waals surface area (Å²) in [5.41, 5.74) is 0. The molecule has 0 aliphatic heterocycles. The summed E-state index contributed by atoms with van der Waals surface area (Å²) >= 11 is 3.72. The van der Waals surface area contributed by atoms with E-state index in [0.29, 0.717) is 0 Å². The van der Waals surface area contributed by atoms with Gasteiger partial charge in [-0.05, 0) is 38.0 Å². The van der Waals surface area contributed by atoms with Crippen molar-refractivity contribution in [2.75, 3.05) is 26.9 Å². The van der Waals surface area contributed by atoms with Crippen LogP contribution >= 0.6 is 15.9 Å². The molecule has 2 nitrogen and oxygen atoms in total. The van der Waals surface area contributed by atoms with E-state index in [9.17, 15) is 0 Å². The van der Waals surface area contributed by atoms with Crippen LogP contribution in [0.25, 0.3) is 0 Å². The number of halogens is 1. The van der Waals surface area contributed by atoms with Crippen molar-refractivity contribution in [3.8, 4) is 0 Å². The van der Waals surface area contributed by atoms with Crippen molar-refractivity contribution in [2.24, 2.45) is 5.92 Å². The monoisotopic (exact) mass is 264 g/mol. The first-order valence-electron chi connectivity index (χ1n) is 5.55. The fourth-order valence-corrected chi connectivity index (χ4v) is 2.33. The van der Waals surface area contributed by atoms with Gasteiger partial charge in [-0.2, -0.15) is 0 Å². The molecule has 1 rings (SSSR count). The summed E-state index contributed by atoms with van der Waals surface area (Å²) in [6.45, 7) is 2.55. The summed E-state index contributed by atoms with van der Waals surface area (Å²) < 4.78 is 10.4. The molecule has 0 spiro atoms. The minimum Gasteiger partial charge on any atom is -0.385 e. The topological polar surface area (TPSA) is 18.5 Å². The lowest BCUT2D eigenvalue weighted by atomic mass is 10.2. The van der Waals surface area contributed by atoms with Crippen molar-refractivity contribution in [3.05, 3.63) is 0 Å². The molecule has 0 aromatic carbocycles. The second-order valence-electron chi connectivity index (χ2n) is 3.95. The molecular formula is C11H21BrO2. The predicted octanol–water partition coefficient (Wildman–Crippen LogP) is 2.99. The van der Waals surface area contributed by atoms with Crippen molar-refractivity contribution in [1.29, 1.82) is 0 Å². The fourth-order valence-electron chi connectivity index (χ4n) is 1.48. The van der Waals surface area contributed by atoms with Crippen molar-refractivity contribution >= 4 is 15.9 Å². The van der Waals surface area contributed by atoms with E-state index in [1.165, 1.54) is 25.7 Å². The Labute approximate surface area is 95.5 Å². The summed E-state index contributed by atoms with van der Waals surface area (Å²) in [6, 6.07) is 0. The van der Waals surface area contributed by atoms with Crippen LogP contribution in [0.4, 0.5) is 0 Å². The number of ether oxygens (including phenoxy) is 2. The highest BCUT2D eigenvalue weighted by molar-refractivity contribution is 9.09. The zero-order valence-corrected chi connectivity index (χ0v) is 10.6. The van der Waals surface area contributed by atoms with Crippen LogP contribution in [-0.4, -0.2) is 31.8 Å². The normalized spacial score (nSPS) is 18.4. The molecular weight excluding hydrogens is 244 g/mol. The van der Waals surface area contributed by atoms with Crippen molar-refractivity contribution in [2.45, 2.75) is 36.9 Å². The minimum atomic E-state index is 0.741. The number of rotatable bonds is 9. The molecule has 0 N–H and O–H groups in total. The van der Waals surface area contributed by atoms with E-state index in [4.69, 9.17) is 9.47 Å². The molecule has 1 unspecified atom stereocenters. The summed E-state index contributed by atoms with van der Waals surface area (Å²) in [5.74, 6) is 0.962. The number of alkyl halides is 1. The van der Waals surface area contributed by atoms with Crippen LogP contribution in [0.5, 0.6) is 0 Å². The van der Waals surface area contributed by atoms with E-state index < -0.39 is 0 Å². The Morgan fingerprint density at radius 1 is 1.21 bits per heavy atom. The molecule has 3 heteroatoms. The number of hydrogen-bond donors (Lipinski definition) is 0. The van der Waals surface area contributed by atoms with Crippen LogP contribution in [0.3, 0.4) is 0 Å². The molecule has 0 bridgehead atoms. The zero-order chi connectivity index (χ0) is 10.2. The molecule has 1 aliphatic carbocycles. The third-order valence-electron chi connectivity index (χ3n) is 2.54. The largest absolute Gasteiger partial charge is 0.385 e. The Kier molecular flexibility index (Phi) is 6.82. The van der Waals surface area contributed by atoms with Crippen LogP contribution in [0, 0.1) is 5.92 Å². The molecule has 1 fully saturated rings. The van der Waals surface area contributed by atoms with E-state index in [2.05, 4.69) is 15.9 Å². The Morgan fingerprint density at radius 3 is 2.57 bits per heavy atom. The van der Waals surface area contributed by atoms with Gasteiger partial charge in [-0.15, -0.1) is 0 Å². The Morgan fingerprint density at radius 2 is 1.93 bits per heavy atom. The summed E-state index contributed by atoms with van der Waals surface area (Å²) in [5, 5.41) is 0. The van der Waals surface area contributed by atoms with Gasteiger partial charge in [0.2, 0.25) is 0 Å². The fraction of sp³-hybridized carbons (Fsp3) is 1.00. The maximum absolute atomic E-state index is 5.49. The first-order chi connectivity index (χ1) is 6.84. The van der Waals surface area contributed by atoms with Gasteiger partial charge in [0.1, 0.15) is 0 Å². The van der Waals surface area contributed by atoms with Crippen LogP contribution in [0.2, 0.25) is 0 Å². The van der Waals surface area contributed by atoms with E-state index in [1.54, 1.807) is 7.11 Å². The van der Waals surface area contributed by atoms with E-state index in [-0.39, 0.29) is 0 Å². The third kappa shape index (κ3) is 5.99. The lowest BCUT2D eigenvalue weighted by Crippen LogP contribution is -2.05. The molecule has 0 amide bonds. The second-order valence-corrected chi connectivity index (χ2v) is 5.13. The average Bonchev–Trinajstić information content (AvgIpc) is 2.99. The summed E-state index contributed by atoms with van der Waals surface area (Å²) in [6.07, 6.45) is 6.29. The molecule has 84 valence electrons. The molecule has 0 aromatic rings. The van der Waals surface area contributed by atoms with Gasteiger partial charge in [0, 0.05) is 31.8 Å². The van der Waals surface area contributed by atoms with Gasteiger partial charge >= 0.3 is 0 Å². The van der Waals surface area contributed by atoms with Gasteiger partial charge in [-0.3, -0.25) is 0 Å². The highest BCUT2D eigenvalue weighted by Gasteiger charge is 2.28. The van der Waals surface area contributed by atoms with Crippen LogP contribution < -0.4 is 0 Å². The van der Waals surface area contributed by atoms with Gasteiger partial charge in [0.25, 0.3) is 0 Å². The predicted molar refractivity (Wildman–Crippen MR) is 62.0 cm³/mol. The van der Waals surface area contributed by atoms with Gasteiger partial charge in [-0.1, -0.05) is 15.9 Å². The second kappa shape index (κ2) is 7.66. The lowest BCUT2D eigenvalue weighted by molar-refractivity contribution is 0.100. The first-order valence-corrected chi connectivity index (χ1v) is 6.47. The Hall–Kier alpha value is 0.400. The smallest absolute Gasteiger partial charge is 0.0487 e. The molecule has 0 heterocycles. The van der Waals surface area contributed by atoms with Gasteiger partial charge in [-0.25, -0.2) is 0 Å². The van der Waals surface area contributed by atoms with Crippen LogP contribution in [-0.2, 0) is 9.47 Å². The third-order valence-corrected chi connectivity index (χ3v) is 3.74. The van der Waals surface area contributed by atoms with Crippen molar-refractivity contribution in [3.63, 3.8) is 0 Å². The highest BCUT2D eigenvalue weighted by Crippen LogP contribution is 2.38. The molecule has 1 saturated carbocycles. The van der Waals surface area contributed by atoms with Crippen LogP contribution in [0.1, 0.15) is 32.1 Å². The van der Waals surface area contributed by atoms with Crippen LogP contribution in [0.15, 0.2) is 0 Å². The summed E-state index contributed by atoms with van der Waals surface area (Å²) in [4.78, 5) is 0.741. The van der Waals surface area contributed by atoms with E-state index in [0.717, 1.165) is 37.0 Å². The molecule has 0 radical (unpaired) electrons. The number of methoxy groups -OCH3 is 1. The SMILES string of the molecule is COCCCOCCCC(Br)C1CC1. The molecule has 1 atom stereocenters.